The van der Waals surface area contributed by atoms with Crippen LogP contribution in [0.3, 0.4) is 0 Å². The molecule has 28 heavy (non-hydrogen) atoms. The maximum Gasteiger partial charge on any atom is 0.408 e. The maximum atomic E-state index is 12.9. The highest BCUT2D eigenvalue weighted by atomic mass is 16.6. The van der Waals surface area contributed by atoms with E-state index >= 15 is 0 Å². The normalized spacial score (nSPS) is 25.6. The molecule has 6 heteroatoms. The first-order chi connectivity index (χ1) is 13.3. The second-order valence-corrected chi connectivity index (χ2v) is 8.71. The lowest BCUT2D eigenvalue weighted by Crippen LogP contribution is -2.50. The van der Waals surface area contributed by atoms with Gasteiger partial charge in [-0.25, -0.2) is 4.79 Å². The van der Waals surface area contributed by atoms with E-state index in [0.717, 1.165) is 31.2 Å². The minimum absolute atomic E-state index is 0.0222. The molecule has 0 bridgehead atoms. The summed E-state index contributed by atoms with van der Waals surface area (Å²) in [5.41, 5.74) is 0.564. The van der Waals surface area contributed by atoms with Crippen LogP contribution in [0.1, 0.15) is 58.4 Å². The molecule has 6 nitrogen and oxygen atoms in total. The number of benzene rings is 1. The molecule has 3 atom stereocenters. The molecule has 2 amide bonds. The molecule has 0 unspecified atom stereocenters. The van der Waals surface area contributed by atoms with Crippen LogP contribution in [0.4, 0.5) is 4.79 Å². The monoisotopic (exact) mass is 388 g/mol. The van der Waals surface area contributed by atoms with Crippen LogP contribution in [0.2, 0.25) is 0 Å². The molecule has 0 aromatic heterocycles. The molecule has 1 aromatic rings. The van der Waals surface area contributed by atoms with Crippen molar-refractivity contribution < 1.29 is 19.1 Å². The second kappa shape index (κ2) is 8.95. The molecule has 0 spiro atoms. The van der Waals surface area contributed by atoms with Gasteiger partial charge in [0.15, 0.2) is 0 Å². The van der Waals surface area contributed by atoms with E-state index in [1.54, 1.807) is 0 Å². The number of ether oxygens (including phenoxy) is 2. The topological polar surface area (TPSA) is 67.9 Å². The molecule has 1 aromatic carbocycles. The lowest BCUT2D eigenvalue weighted by molar-refractivity contribution is -0.136. The summed E-state index contributed by atoms with van der Waals surface area (Å²) in [6.07, 6.45) is 4.25. The smallest absolute Gasteiger partial charge is 0.408 e. The quantitative estimate of drug-likeness (QED) is 0.836. The Hall–Kier alpha value is -2.08. The number of hydrogen-bond acceptors (Lipinski definition) is 4. The third-order valence-electron chi connectivity index (χ3n) is 5.31. The van der Waals surface area contributed by atoms with Gasteiger partial charge in [0.1, 0.15) is 11.6 Å². The Kier molecular flexibility index (Phi) is 6.60. The van der Waals surface area contributed by atoms with Gasteiger partial charge in [0.25, 0.3) is 0 Å². The zero-order valence-corrected chi connectivity index (χ0v) is 17.1. The van der Waals surface area contributed by atoms with Crippen molar-refractivity contribution in [2.24, 2.45) is 0 Å². The van der Waals surface area contributed by atoms with Gasteiger partial charge in [-0.1, -0.05) is 43.2 Å². The molecule has 3 rings (SSSR count). The number of nitrogens with one attached hydrogen (secondary N) is 1. The minimum Gasteiger partial charge on any atom is -0.444 e. The summed E-state index contributed by atoms with van der Waals surface area (Å²) < 4.78 is 11.5. The fourth-order valence-electron chi connectivity index (χ4n) is 4.02. The summed E-state index contributed by atoms with van der Waals surface area (Å²) in [5.74, 6) is -0.0222. The number of nitrogens with zero attached hydrogens (tertiary/aromatic N) is 1. The van der Waals surface area contributed by atoms with Crippen molar-refractivity contribution in [3.05, 3.63) is 35.9 Å². The van der Waals surface area contributed by atoms with E-state index in [9.17, 15) is 9.59 Å². The third-order valence-corrected chi connectivity index (χ3v) is 5.31. The van der Waals surface area contributed by atoms with Crippen LogP contribution in [0, 0.1) is 0 Å². The molecule has 1 heterocycles. The predicted octanol–water partition coefficient (Wildman–Crippen LogP) is 3.64. The Balaban J connectivity index is 1.57. The predicted molar refractivity (Wildman–Crippen MR) is 107 cm³/mol. The van der Waals surface area contributed by atoms with Gasteiger partial charge in [-0.05, 0) is 45.6 Å². The lowest BCUT2D eigenvalue weighted by Gasteiger charge is -2.38. The Morgan fingerprint density at radius 3 is 2.57 bits per heavy atom. The van der Waals surface area contributed by atoms with Gasteiger partial charge in [0.05, 0.1) is 18.8 Å². The highest BCUT2D eigenvalue weighted by Crippen LogP contribution is 2.29. The number of likely N-dealkylation sites (tertiary alicyclic amines) is 1. The molecule has 154 valence electrons. The largest absolute Gasteiger partial charge is 0.444 e. The number of rotatable bonds is 5. The van der Waals surface area contributed by atoms with Crippen molar-refractivity contribution in [3.63, 3.8) is 0 Å². The second-order valence-electron chi connectivity index (χ2n) is 8.71. The molecule has 2 fully saturated rings. The minimum atomic E-state index is -0.578. The van der Waals surface area contributed by atoms with E-state index in [0.29, 0.717) is 19.6 Å². The van der Waals surface area contributed by atoms with Crippen molar-refractivity contribution in [3.8, 4) is 0 Å². The molecular formula is C22H32N2O4. The van der Waals surface area contributed by atoms with Crippen LogP contribution in [0.25, 0.3) is 0 Å². The average Bonchev–Trinajstić information content (AvgIpc) is 3.00. The number of hydrogen-bond donors (Lipinski definition) is 1. The van der Waals surface area contributed by atoms with Crippen LogP contribution < -0.4 is 5.32 Å². The van der Waals surface area contributed by atoms with E-state index in [1.165, 1.54) is 0 Å². The molecule has 2 aliphatic rings. The SMILES string of the molecule is CC(C)(C)OC(=O)N[C@@H]1CCN([C@@H]2CCCC[C@H]2OCc2ccccc2)C1=O. The molecule has 1 aliphatic carbocycles. The van der Waals surface area contributed by atoms with Crippen LogP contribution in [-0.4, -0.2) is 47.2 Å². The standard InChI is InChI=1S/C22H32N2O4/c1-22(2,3)28-21(26)23-17-13-14-24(20(17)25)18-11-7-8-12-19(18)27-15-16-9-5-4-6-10-16/h4-6,9-10,17-19H,7-8,11-15H2,1-3H3,(H,23,26)/t17-,18-,19-/m1/s1. The van der Waals surface area contributed by atoms with E-state index < -0.39 is 17.7 Å². The Morgan fingerprint density at radius 2 is 1.86 bits per heavy atom. The van der Waals surface area contributed by atoms with Crippen molar-refractivity contribution in [1.82, 2.24) is 10.2 Å². The van der Waals surface area contributed by atoms with Crippen molar-refractivity contribution in [1.29, 1.82) is 0 Å². The first-order valence-corrected chi connectivity index (χ1v) is 10.3. The molecular weight excluding hydrogens is 356 g/mol. The van der Waals surface area contributed by atoms with Gasteiger partial charge >= 0.3 is 6.09 Å². The zero-order valence-electron chi connectivity index (χ0n) is 17.1. The number of alkyl carbamates (subject to hydrolysis) is 1. The summed E-state index contributed by atoms with van der Waals surface area (Å²) in [4.78, 5) is 26.9. The van der Waals surface area contributed by atoms with Crippen LogP contribution >= 0.6 is 0 Å². The van der Waals surface area contributed by atoms with Gasteiger partial charge < -0.3 is 19.7 Å². The van der Waals surface area contributed by atoms with Crippen LogP contribution in [0.5, 0.6) is 0 Å². The molecule has 1 aliphatic heterocycles. The van der Waals surface area contributed by atoms with Gasteiger partial charge in [0, 0.05) is 6.54 Å². The molecule has 1 N–H and O–H groups in total. The maximum absolute atomic E-state index is 12.9. The summed E-state index contributed by atoms with van der Waals surface area (Å²) in [6, 6.07) is 9.69. The average molecular weight is 389 g/mol. The summed E-state index contributed by atoms with van der Waals surface area (Å²) >= 11 is 0. The van der Waals surface area contributed by atoms with Gasteiger partial charge in [-0.15, -0.1) is 0 Å². The molecule has 1 saturated heterocycles. The highest BCUT2D eigenvalue weighted by Gasteiger charge is 2.41. The van der Waals surface area contributed by atoms with E-state index in [-0.39, 0.29) is 18.1 Å². The van der Waals surface area contributed by atoms with Crippen molar-refractivity contribution >= 4 is 12.0 Å². The Bertz CT molecular complexity index is 671. The first kappa shape index (κ1) is 20.6. The highest BCUT2D eigenvalue weighted by molar-refractivity contribution is 5.87. The lowest BCUT2D eigenvalue weighted by atomic mass is 9.91. The van der Waals surface area contributed by atoms with E-state index in [4.69, 9.17) is 9.47 Å². The summed E-state index contributed by atoms with van der Waals surface area (Å²) in [6.45, 7) is 6.64. The number of carbonyl (C=O) groups is 2. The van der Waals surface area contributed by atoms with Crippen LogP contribution in [-0.2, 0) is 20.9 Å². The van der Waals surface area contributed by atoms with E-state index in [1.807, 2.05) is 43.9 Å². The first-order valence-electron chi connectivity index (χ1n) is 10.3. The van der Waals surface area contributed by atoms with Crippen molar-refractivity contribution in [2.75, 3.05) is 6.54 Å². The van der Waals surface area contributed by atoms with Gasteiger partial charge in [-0.3, -0.25) is 4.79 Å². The van der Waals surface area contributed by atoms with E-state index in [2.05, 4.69) is 17.4 Å². The zero-order chi connectivity index (χ0) is 20.1. The molecule has 0 radical (unpaired) electrons. The Labute approximate surface area is 167 Å². The molecule has 1 saturated carbocycles. The van der Waals surface area contributed by atoms with Gasteiger partial charge in [-0.2, -0.15) is 0 Å². The fourth-order valence-corrected chi connectivity index (χ4v) is 4.02. The number of amides is 2. The third kappa shape index (κ3) is 5.47. The summed E-state index contributed by atoms with van der Waals surface area (Å²) in [5, 5.41) is 2.73. The summed E-state index contributed by atoms with van der Waals surface area (Å²) in [7, 11) is 0. The Morgan fingerprint density at radius 1 is 1.14 bits per heavy atom. The fraction of sp³-hybridized carbons (Fsp3) is 0.636. The van der Waals surface area contributed by atoms with Crippen LogP contribution in [0.15, 0.2) is 30.3 Å². The number of carbonyl (C=O) groups excluding carboxylic acids is 2. The van der Waals surface area contributed by atoms with Crippen molar-refractivity contribution in [2.45, 2.75) is 83.3 Å². The van der Waals surface area contributed by atoms with Gasteiger partial charge in [0.2, 0.25) is 5.91 Å².